The lowest BCUT2D eigenvalue weighted by molar-refractivity contribution is 0.901. The zero-order valence-corrected chi connectivity index (χ0v) is 7.94. The van der Waals surface area contributed by atoms with Gasteiger partial charge in [0.15, 0.2) is 5.15 Å². The number of halogens is 2. The molecule has 0 aromatic carbocycles. The third kappa shape index (κ3) is 2.50. The summed E-state index contributed by atoms with van der Waals surface area (Å²) in [5, 5.41) is 7.70. The second kappa shape index (κ2) is 4.48. The molecule has 0 atom stereocenters. The molecular formula is C7H9Cl2N3. The fraction of sp³-hybridized carbons (Fsp3) is 0.429. The van der Waals surface area contributed by atoms with Gasteiger partial charge in [0, 0.05) is 5.88 Å². The number of nitrogens with zero attached hydrogens (tertiary/aromatic N) is 2. The molecule has 0 amide bonds. The second-order valence-corrected chi connectivity index (χ2v) is 3.11. The van der Waals surface area contributed by atoms with Crippen LogP contribution in [0, 0.1) is 0 Å². The Hall–Kier alpha value is -0.540. The van der Waals surface area contributed by atoms with Crippen molar-refractivity contribution in [3.63, 3.8) is 0 Å². The van der Waals surface area contributed by atoms with Gasteiger partial charge in [0.05, 0.1) is 0 Å². The van der Waals surface area contributed by atoms with Gasteiger partial charge in [-0.25, -0.2) is 0 Å². The van der Waals surface area contributed by atoms with Gasteiger partial charge < -0.3 is 5.73 Å². The molecule has 12 heavy (non-hydrogen) atoms. The van der Waals surface area contributed by atoms with Crippen molar-refractivity contribution in [2.24, 2.45) is 0 Å². The van der Waals surface area contributed by atoms with Gasteiger partial charge in [-0.3, -0.25) is 0 Å². The number of anilines is 1. The highest BCUT2D eigenvalue weighted by atomic mass is 35.5. The van der Waals surface area contributed by atoms with Gasteiger partial charge in [0.25, 0.3) is 0 Å². The molecule has 1 aromatic rings. The summed E-state index contributed by atoms with van der Waals surface area (Å²) >= 11 is 11.3. The van der Waals surface area contributed by atoms with E-state index in [0.717, 1.165) is 18.4 Å². The van der Waals surface area contributed by atoms with Crippen molar-refractivity contribution in [2.45, 2.75) is 12.8 Å². The van der Waals surface area contributed by atoms with Crippen molar-refractivity contribution in [2.75, 3.05) is 11.6 Å². The Morgan fingerprint density at radius 1 is 1.42 bits per heavy atom. The number of hydrogen-bond donors (Lipinski definition) is 1. The maximum Gasteiger partial charge on any atom is 0.155 e. The minimum atomic E-state index is 0.393. The van der Waals surface area contributed by atoms with Crippen LogP contribution in [0.1, 0.15) is 12.0 Å². The number of nitrogens with two attached hydrogens (primary N) is 1. The number of nitrogen functional groups attached to an aromatic ring is 1. The topological polar surface area (TPSA) is 51.8 Å². The molecule has 66 valence electrons. The molecule has 1 aromatic heterocycles. The highest BCUT2D eigenvalue weighted by Crippen LogP contribution is 2.15. The molecule has 0 unspecified atom stereocenters. The van der Waals surface area contributed by atoms with E-state index in [0.29, 0.717) is 16.9 Å². The van der Waals surface area contributed by atoms with Gasteiger partial charge in [0.2, 0.25) is 0 Å². The van der Waals surface area contributed by atoms with E-state index >= 15 is 0 Å². The number of aromatic nitrogens is 2. The molecule has 0 radical (unpaired) electrons. The molecule has 3 nitrogen and oxygen atoms in total. The first kappa shape index (κ1) is 9.55. The van der Waals surface area contributed by atoms with E-state index in [1.165, 1.54) is 0 Å². The maximum atomic E-state index is 5.76. The van der Waals surface area contributed by atoms with Crippen LogP contribution in [0.2, 0.25) is 5.15 Å². The standard InChI is InChI=1S/C7H9Cl2N3/c8-3-1-2-5-4-6(10)11-12-7(5)9/h4H,1-3H2,(H2,10,11). The summed E-state index contributed by atoms with van der Waals surface area (Å²) < 4.78 is 0. The maximum absolute atomic E-state index is 5.76. The van der Waals surface area contributed by atoms with Gasteiger partial charge >= 0.3 is 0 Å². The normalized spacial score (nSPS) is 10.2. The van der Waals surface area contributed by atoms with Crippen LogP contribution in [-0.2, 0) is 6.42 Å². The van der Waals surface area contributed by atoms with Crippen LogP contribution >= 0.6 is 23.2 Å². The molecule has 0 aliphatic carbocycles. The summed E-state index contributed by atoms with van der Waals surface area (Å²) in [7, 11) is 0. The third-order valence-electron chi connectivity index (χ3n) is 1.42. The van der Waals surface area contributed by atoms with Crippen LogP contribution in [0.3, 0.4) is 0 Å². The third-order valence-corrected chi connectivity index (χ3v) is 2.01. The first-order valence-electron chi connectivity index (χ1n) is 3.57. The van der Waals surface area contributed by atoms with E-state index in [-0.39, 0.29) is 0 Å². The molecule has 2 N–H and O–H groups in total. The van der Waals surface area contributed by atoms with Crippen molar-refractivity contribution in [3.05, 3.63) is 16.8 Å². The van der Waals surface area contributed by atoms with Crippen LogP contribution in [-0.4, -0.2) is 16.1 Å². The van der Waals surface area contributed by atoms with E-state index < -0.39 is 0 Å². The van der Waals surface area contributed by atoms with Gasteiger partial charge in [0.1, 0.15) is 5.82 Å². The largest absolute Gasteiger partial charge is 0.382 e. The summed E-state index contributed by atoms with van der Waals surface area (Å²) in [5.74, 6) is 1.00. The average Bonchev–Trinajstić information content (AvgIpc) is 2.07. The van der Waals surface area contributed by atoms with Crippen LogP contribution in [0.5, 0.6) is 0 Å². The lowest BCUT2D eigenvalue weighted by Gasteiger charge is -2.01. The van der Waals surface area contributed by atoms with Gasteiger partial charge in [-0.1, -0.05) is 11.6 Å². The summed E-state index contributed by atoms with van der Waals surface area (Å²) in [6, 6.07) is 1.72. The Labute approximate surface area is 80.9 Å². The SMILES string of the molecule is Nc1cc(CCCCl)c(Cl)nn1. The van der Waals surface area contributed by atoms with Crippen molar-refractivity contribution < 1.29 is 0 Å². The molecule has 0 saturated heterocycles. The Kier molecular flexibility index (Phi) is 3.56. The van der Waals surface area contributed by atoms with Gasteiger partial charge in [-0.2, -0.15) is 0 Å². The molecule has 0 fully saturated rings. The Bertz CT molecular complexity index is 265. The van der Waals surface area contributed by atoms with E-state index in [4.69, 9.17) is 28.9 Å². The van der Waals surface area contributed by atoms with Gasteiger partial charge in [-0.05, 0) is 24.5 Å². The van der Waals surface area contributed by atoms with Crippen molar-refractivity contribution >= 4 is 29.0 Å². The van der Waals surface area contributed by atoms with E-state index in [9.17, 15) is 0 Å². The zero-order valence-electron chi connectivity index (χ0n) is 6.43. The van der Waals surface area contributed by atoms with Crippen LogP contribution in [0.25, 0.3) is 0 Å². The average molecular weight is 206 g/mol. The number of hydrogen-bond acceptors (Lipinski definition) is 3. The quantitative estimate of drug-likeness (QED) is 0.768. The van der Waals surface area contributed by atoms with E-state index in [1.807, 2.05) is 0 Å². The minimum Gasteiger partial charge on any atom is -0.382 e. The summed E-state index contributed by atoms with van der Waals surface area (Å²) in [4.78, 5) is 0. The minimum absolute atomic E-state index is 0.393. The zero-order chi connectivity index (χ0) is 8.97. The molecule has 1 rings (SSSR count). The molecule has 0 aliphatic rings. The van der Waals surface area contributed by atoms with Crippen LogP contribution in [0.4, 0.5) is 5.82 Å². The van der Waals surface area contributed by atoms with Crippen molar-refractivity contribution in [3.8, 4) is 0 Å². The highest BCUT2D eigenvalue weighted by molar-refractivity contribution is 6.30. The number of alkyl halides is 1. The molecule has 5 heteroatoms. The highest BCUT2D eigenvalue weighted by Gasteiger charge is 2.02. The second-order valence-electron chi connectivity index (χ2n) is 2.38. The predicted molar refractivity (Wildman–Crippen MR) is 50.5 cm³/mol. The Balaban J connectivity index is 2.75. The number of rotatable bonds is 3. The van der Waals surface area contributed by atoms with E-state index in [2.05, 4.69) is 10.2 Å². The monoisotopic (exact) mass is 205 g/mol. The summed E-state index contributed by atoms with van der Waals surface area (Å²) in [6.07, 6.45) is 1.66. The predicted octanol–water partition coefficient (Wildman–Crippen LogP) is 1.88. The van der Waals surface area contributed by atoms with Crippen LogP contribution < -0.4 is 5.73 Å². The van der Waals surface area contributed by atoms with E-state index in [1.54, 1.807) is 6.07 Å². The summed E-state index contributed by atoms with van der Waals surface area (Å²) in [6.45, 7) is 0. The lowest BCUT2D eigenvalue weighted by atomic mass is 10.2. The Morgan fingerprint density at radius 2 is 2.17 bits per heavy atom. The first-order chi connectivity index (χ1) is 5.74. The fourth-order valence-corrected chi connectivity index (χ4v) is 1.19. The summed E-state index contributed by atoms with van der Waals surface area (Å²) in [5.41, 5.74) is 6.34. The molecule has 0 bridgehead atoms. The first-order valence-corrected chi connectivity index (χ1v) is 4.49. The van der Waals surface area contributed by atoms with Crippen molar-refractivity contribution in [1.29, 1.82) is 0 Å². The number of aryl methyl sites for hydroxylation is 1. The van der Waals surface area contributed by atoms with Gasteiger partial charge in [-0.15, -0.1) is 21.8 Å². The molecule has 0 aliphatic heterocycles. The molecule has 0 spiro atoms. The smallest absolute Gasteiger partial charge is 0.155 e. The lowest BCUT2D eigenvalue weighted by Crippen LogP contribution is -1.98. The Morgan fingerprint density at radius 3 is 2.83 bits per heavy atom. The van der Waals surface area contributed by atoms with Crippen LogP contribution in [0.15, 0.2) is 6.07 Å². The molecular weight excluding hydrogens is 197 g/mol. The fourth-order valence-electron chi connectivity index (χ4n) is 0.865. The van der Waals surface area contributed by atoms with Crippen molar-refractivity contribution in [1.82, 2.24) is 10.2 Å². The molecule has 0 saturated carbocycles. The molecule has 1 heterocycles.